The second-order valence-electron chi connectivity index (χ2n) is 4.96. The standard InChI is InChI=1S/C13H16F3NO4.ClH/c1-12(2,11(19)20-3)10(17)8-6-7(4-5-9(8)18)21-13(14,15)16;/h4-6,10,18H,17H2,1-3H3;1H/t10-;/m0./s1. The zero-order valence-corrected chi connectivity index (χ0v) is 12.9. The van der Waals surface area contributed by atoms with E-state index < -0.39 is 29.5 Å². The Kier molecular flexibility index (Phi) is 6.52. The van der Waals surface area contributed by atoms with Gasteiger partial charge in [0.1, 0.15) is 11.5 Å². The van der Waals surface area contributed by atoms with Crippen molar-refractivity contribution in [3.05, 3.63) is 23.8 Å². The number of carbonyl (C=O) groups excluding carboxylic acids is 1. The van der Waals surface area contributed by atoms with Gasteiger partial charge in [0.15, 0.2) is 0 Å². The monoisotopic (exact) mass is 343 g/mol. The Hall–Kier alpha value is -1.67. The molecule has 0 aliphatic heterocycles. The average Bonchev–Trinajstić information content (AvgIpc) is 2.37. The lowest BCUT2D eigenvalue weighted by atomic mass is 9.80. The molecule has 1 rings (SSSR count). The number of halogens is 4. The van der Waals surface area contributed by atoms with Gasteiger partial charge < -0.3 is 20.3 Å². The molecule has 0 unspecified atom stereocenters. The van der Waals surface area contributed by atoms with Gasteiger partial charge in [0, 0.05) is 11.6 Å². The van der Waals surface area contributed by atoms with Crippen LogP contribution < -0.4 is 10.5 Å². The number of phenols is 1. The van der Waals surface area contributed by atoms with Gasteiger partial charge >= 0.3 is 12.3 Å². The van der Waals surface area contributed by atoms with Gasteiger partial charge in [0.25, 0.3) is 0 Å². The first-order valence-electron chi connectivity index (χ1n) is 5.91. The number of aromatic hydroxyl groups is 1. The Morgan fingerprint density at radius 3 is 2.32 bits per heavy atom. The molecule has 126 valence electrons. The predicted molar refractivity (Wildman–Crippen MR) is 74.8 cm³/mol. The number of hydrogen-bond acceptors (Lipinski definition) is 5. The molecule has 0 amide bonds. The Morgan fingerprint density at radius 1 is 1.32 bits per heavy atom. The van der Waals surface area contributed by atoms with E-state index in [2.05, 4.69) is 9.47 Å². The van der Waals surface area contributed by atoms with Crippen LogP contribution >= 0.6 is 12.4 Å². The van der Waals surface area contributed by atoms with Crippen LogP contribution in [0.15, 0.2) is 18.2 Å². The van der Waals surface area contributed by atoms with E-state index >= 15 is 0 Å². The highest BCUT2D eigenvalue weighted by atomic mass is 35.5. The molecule has 22 heavy (non-hydrogen) atoms. The van der Waals surface area contributed by atoms with Gasteiger partial charge in [-0.3, -0.25) is 4.79 Å². The Labute approximate surface area is 131 Å². The largest absolute Gasteiger partial charge is 0.573 e. The first-order chi connectivity index (χ1) is 9.49. The Morgan fingerprint density at radius 2 is 1.86 bits per heavy atom. The lowest BCUT2D eigenvalue weighted by Crippen LogP contribution is -2.37. The van der Waals surface area contributed by atoms with Crippen LogP contribution in [0.3, 0.4) is 0 Å². The van der Waals surface area contributed by atoms with E-state index in [1.165, 1.54) is 21.0 Å². The second-order valence-corrected chi connectivity index (χ2v) is 4.96. The van der Waals surface area contributed by atoms with Gasteiger partial charge in [-0.15, -0.1) is 25.6 Å². The molecule has 0 aliphatic rings. The summed E-state index contributed by atoms with van der Waals surface area (Å²) in [5.74, 6) is -1.53. The normalized spacial score (nSPS) is 13.0. The maximum Gasteiger partial charge on any atom is 0.573 e. The number of benzene rings is 1. The van der Waals surface area contributed by atoms with Crippen molar-refractivity contribution in [2.24, 2.45) is 11.1 Å². The molecule has 0 saturated carbocycles. The second kappa shape index (κ2) is 7.06. The molecule has 0 saturated heterocycles. The summed E-state index contributed by atoms with van der Waals surface area (Å²) in [4.78, 5) is 11.7. The van der Waals surface area contributed by atoms with Crippen molar-refractivity contribution in [2.75, 3.05) is 7.11 Å². The van der Waals surface area contributed by atoms with Crippen LogP contribution in [-0.2, 0) is 9.53 Å². The van der Waals surface area contributed by atoms with E-state index in [9.17, 15) is 23.1 Å². The zero-order chi connectivity index (χ0) is 16.4. The SMILES string of the molecule is COC(=O)C(C)(C)[C@@H](N)c1cc(OC(F)(F)F)ccc1O.Cl. The van der Waals surface area contributed by atoms with Crippen LogP contribution in [0.5, 0.6) is 11.5 Å². The molecule has 5 nitrogen and oxygen atoms in total. The molecule has 0 heterocycles. The van der Waals surface area contributed by atoms with Crippen LogP contribution in [-0.4, -0.2) is 24.5 Å². The Bertz CT molecular complexity index is 535. The topological polar surface area (TPSA) is 81.8 Å². The highest BCUT2D eigenvalue weighted by Gasteiger charge is 2.38. The highest BCUT2D eigenvalue weighted by Crippen LogP contribution is 2.39. The maximum absolute atomic E-state index is 12.2. The summed E-state index contributed by atoms with van der Waals surface area (Å²) in [6, 6.07) is 1.83. The number of esters is 1. The summed E-state index contributed by atoms with van der Waals surface area (Å²) >= 11 is 0. The van der Waals surface area contributed by atoms with Crippen LogP contribution in [0, 0.1) is 5.41 Å². The molecule has 9 heteroatoms. The number of alkyl halides is 3. The van der Waals surface area contributed by atoms with Crippen LogP contribution in [0.1, 0.15) is 25.5 Å². The smallest absolute Gasteiger partial charge is 0.508 e. The number of carbonyl (C=O) groups is 1. The number of nitrogens with two attached hydrogens (primary N) is 1. The molecule has 1 aromatic rings. The van der Waals surface area contributed by atoms with Crippen molar-refractivity contribution < 1.29 is 32.5 Å². The molecule has 0 bridgehead atoms. The average molecular weight is 344 g/mol. The molecule has 0 aromatic heterocycles. The van der Waals surface area contributed by atoms with Crippen molar-refractivity contribution in [1.29, 1.82) is 0 Å². The van der Waals surface area contributed by atoms with E-state index in [0.717, 1.165) is 18.2 Å². The third-order valence-electron chi connectivity index (χ3n) is 3.06. The zero-order valence-electron chi connectivity index (χ0n) is 12.1. The van der Waals surface area contributed by atoms with Crippen molar-refractivity contribution in [3.63, 3.8) is 0 Å². The molecule has 0 spiro atoms. The van der Waals surface area contributed by atoms with Gasteiger partial charge in [0.05, 0.1) is 12.5 Å². The fraction of sp³-hybridized carbons (Fsp3) is 0.462. The quantitative estimate of drug-likeness (QED) is 0.821. The van der Waals surface area contributed by atoms with Gasteiger partial charge in [-0.25, -0.2) is 0 Å². The summed E-state index contributed by atoms with van der Waals surface area (Å²) in [5, 5.41) is 9.75. The summed E-state index contributed by atoms with van der Waals surface area (Å²) in [5.41, 5.74) is 4.59. The molecule has 1 atom stereocenters. The van der Waals surface area contributed by atoms with Crippen molar-refractivity contribution in [2.45, 2.75) is 26.3 Å². The lowest BCUT2D eigenvalue weighted by Gasteiger charge is -2.29. The number of ether oxygens (including phenoxy) is 2. The molecule has 1 aromatic carbocycles. The number of rotatable bonds is 4. The van der Waals surface area contributed by atoms with Crippen molar-refractivity contribution >= 4 is 18.4 Å². The third-order valence-corrected chi connectivity index (χ3v) is 3.06. The number of phenolic OH excluding ortho intramolecular Hbond substituents is 1. The number of hydrogen-bond donors (Lipinski definition) is 2. The minimum Gasteiger partial charge on any atom is -0.508 e. The molecule has 0 radical (unpaired) electrons. The summed E-state index contributed by atoms with van der Waals surface area (Å²) in [6.45, 7) is 2.92. The fourth-order valence-electron chi connectivity index (χ4n) is 1.76. The van der Waals surface area contributed by atoms with Crippen molar-refractivity contribution in [1.82, 2.24) is 0 Å². The van der Waals surface area contributed by atoms with Crippen LogP contribution in [0.25, 0.3) is 0 Å². The molecule has 0 aliphatic carbocycles. The molecular weight excluding hydrogens is 327 g/mol. The first-order valence-corrected chi connectivity index (χ1v) is 5.91. The summed E-state index contributed by atoms with van der Waals surface area (Å²) < 4.78 is 45.0. The summed E-state index contributed by atoms with van der Waals surface area (Å²) in [6.07, 6.45) is -4.86. The number of methoxy groups -OCH3 is 1. The maximum atomic E-state index is 12.2. The van der Waals surface area contributed by atoms with Crippen LogP contribution in [0.4, 0.5) is 13.2 Å². The van der Waals surface area contributed by atoms with E-state index in [1.807, 2.05) is 0 Å². The minimum atomic E-state index is -4.86. The first kappa shape index (κ1) is 20.3. The van der Waals surface area contributed by atoms with Crippen molar-refractivity contribution in [3.8, 4) is 11.5 Å². The van der Waals surface area contributed by atoms with Gasteiger partial charge in [-0.05, 0) is 32.0 Å². The Balaban J connectivity index is 0.00000441. The van der Waals surface area contributed by atoms with Crippen LogP contribution in [0.2, 0.25) is 0 Å². The van der Waals surface area contributed by atoms with E-state index in [0.29, 0.717) is 0 Å². The lowest BCUT2D eigenvalue weighted by molar-refractivity contribution is -0.274. The van der Waals surface area contributed by atoms with Gasteiger partial charge in [-0.2, -0.15) is 0 Å². The predicted octanol–water partition coefficient (Wildman–Crippen LogP) is 2.91. The molecular formula is C13H17ClF3NO4. The van der Waals surface area contributed by atoms with E-state index in [4.69, 9.17) is 5.73 Å². The molecule has 0 fully saturated rings. The van der Waals surface area contributed by atoms with E-state index in [-0.39, 0.29) is 23.7 Å². The van der Waals surface area contributed by atoms with Gasteiger partial charge in [-0.1, -0.05) is 0 Å². The highest BCUT2D eigenvalue weighted by molar-refractivity contribution is 5.85. The summed E-state index contributed by atoms with van der Waals surface area (Å²) in [7, 11) is 1.17. The van der Waals surface area contributed by atoms with Gasteiger partial charge in [0.2, 0.25) is 0 Å². The fourth-order valence-corrected chi connectivity index (χ4v) is 1.76. The van der Waals surface area contributed by atoms with E-state index in [1.54, 1.807) is 0 Å². The third kappa shape index (κ3) is 4.67. The minimum absolute atomic E-state index is 0. The molecule has 3 N–H and O–H groups in total.